The van der Waals surface area contributed by atoms with Crippen molar-refractivity contribution in [3.63, 3.8) is 0 Å². The van der Waals surface area contributed by atoms with Crippen LogP contribution in [0.15, 0.2) is 24.3 Å². The van der Waals surface area contributed by atoms with Crippen LogP contribution in [0, 0.1) is 0 Å². The minimum absolute atomic E-state index is 0.157. The molecular weight excluding hydrogens is 212 g/mol. The Labute approximate surface area is 104 Å². The summed E-state index contributed by atoms with van der Waals surface area (Å²) in [4.78, 5) is 2.30. The Bertz CT molecular complexity index is 344. The van der Waals surface area contributed by atoms with Crippen LogP contribution in [0.2, 0.25) is 0 Å². The van der Waals surface area contributed by atoms with Gasteiger partial charge in [0, 0.05) is 25.4 Å². The third-order valence-corrected chi connectivity index (χ3v) is 3.62. The molecule has 1 aliphatic rings. The molecular formula is C14H22N2O. The van der Waals surface area contributed by atoms with Gasteiger partial charge in [-0.05, 0) is 30.5 Å². The zero-order chi connectivity index (χ0) is 12.3. The summed E-state index contributed by atoms with van der Waals surface area (Å²) in [6.07, 6.45) is 2.10. The van der Waals surface area contributed by atoms with E-state index in [0.717, 1.165) is 26.1 Å². The summed E-state index contributed by atoms with van der Waals surface area (Å²) in [7, 11) is 2.13. The van der Waals surface area contributed by atoms with Crippen LogP contribution in [0.4, 0.5) is 5.69 Å². The number of likely N-dealkylation sites (N-methyl/N-ethyl adjacent to an activating group) is 1. The van der Waals surface area contributed by atoms with E-state index in [0.29, 0.717) is 6.04 Å². The van der Waals surface area contributed by atoms with E-state index in [4.69, 9.17) is 10.5 Å². The second kappa shape index (κ2) is 5.52. The Balaban J connectivity index is 2.06. The first kappa shape index (κ1) is 12.4. The molecule has 1 aromatic rings. The van der Waals surface area contributed by atoms with Gasteiger partial charge in [-0.2, -0.15) is 0 Å². The van der Waals surface area contributed by atoms with Gasteiger partial charge in [0.15, 0.2) is 0 Å². The molecule has 17 heavy (non-hydrogen) atoms. The van der Waals surface area contributed by atoms with E-state index in [9.17, 15) is 0 Å². The van der Waals surface area contributed by atoms with E-state index in [2.05, 4.69) is 43.1 Å². The number of hydrogen-bond acceptors (Lipinski definition) is 3. The van der Waals surface area contributed by atoms with Crippen molar-refractivity contribution < 1.29 is 4.74 Å². The summed E-state index contributed by atoms with van der Waals surface area (Å²) < 4.78 is 5.42. The fourth-order valence-corrected chi connectivity index (χ4v) is 2.23. The SMILES string of the molecule is CC[C@H](N)c1ccc(N(C)C2CCOC2)cc1. The lowest BCUT2D eigenvalue weighted by Crippen LogP contribution is -2.31. The van der Waals surface area contributed by atoms with Crippen molar-refractivity contribution in [3.05, 3.63) is 29.8 Å². The molecule has 0 aromatic heterocycles. The molecule has 1 aromatic carbocycles. The molecule has 0 amide bonds. The molecule has 2 rings (SSSR count). The van der Waals surface area contributed by atoms with Crippen LogP contribution in [-0.4, -0.2) is 26.3 Å². The third kappa shape index (κ3) is 2.79. The predicted octanol–water partition coefficient (Wildman–Crippen LogP) is 2.32. The van der Waals surface area contributed by atoms with Crippen LogP contribution in [0.1, 0.15) is 31.4 Å². The molecule has 0 radical (unpaired) electrons. The largest absolute Gasteiger partial charge is 0.379 e. The van der Waals surface area contributed by atoms with Crippen LogP contribution < -0.4 is 10.6 Å². The molecule has 0 saturated carbocycles. The zero-order valence-corrected chi connectivity index (χ0v) is 10.7. The minimum Gasteiger partial charge on any atom is -0.379 e. The number of hydrogen-bond donors (Lipinski definition) is 1. The molecule has 2 N–H and O–H groups in total. The number of nitrogens with zero attached hydrogens (tertiary/aromatic N) is 1. The first-order chi connectivity index (χ1) is 8.22. The molecule has 0 spiro atoms. The molecule has 1 fully saturated rings. The summed E-state index contributed by atoms with van der Waals surface area (Å²) in [5.74, 6) is 0. The van der Waals surface area contributed by atoms with E-state index in [1.807, 2.05) is 0 Å². The lowest BCUT2D eigenvalue weighted by Gasteiger charge is -2.25. The van der Waals surface area contributed by atoms with Crippen molar-refractivity contribution >= 4 is 5.69 Å². The zero-order valence-electron chi connectivity index (χ0n) is 10.7. The van der Waals surface area contributed by atoms with Crippen molar-refractivity contribution in [3.8, 4) is 0 Å². The highest BCUT2D eigenvalue weighted by molar-refractivity contribution is 5.48. The lowest BCUT2D eigenvalue weighted by molar-refractivity contribution is 0.193. The fraction of sp³-hybridized carbons (Fsp3) is 0.571. The standard InChI is InChI=1S/C14H22N2O/c1-3-14(15)11-4-6-12(7-5-11)16(2)13-8-9-17-10-13/h4-7,13-14H,3,8-10,15H2,1-2H3/t13?,14-/m0/s1. The lowest BCUT2D eigenvalue weighted by atomic mass is 10.0. The highest BCUT2D eigenvalue weighted by Crippen LogP contribution is 2.22. The summed E-state index contributed by atoms with van der Waals surface area (Å²) in [6.45, 7) is 3.83. The molecule has 0 aliphatic carbocycles. The van der Waals surface area contributed by atoms with Gasteiger partial charge in [0.1, 0.15) is 0 Å². The van der Waals surface area contributed by atoms with Gasteiger partial charge < -0.3 is 15.4 Å². The van der Waals surface area contributed by atoms with Crippen molar-refractivity contribution in [1.29, 1.82) is 0 Å². The van der Waals surface area contributed by atoms with Gasteiger partial charge in [-0.15, -0.1) is 0 Å². The second-order valence-electron chi connectivity index (χ2n) is 4.73. The Kier molecular flexibility index (Phi) is 4.02. The van der Waals surface area contributed by atoms with Gasteiger partial charge in [0.25, 0.3) is 0 Å². The molecule has 1 saturated heterocycles. The normalized spacial score (nSPS) is 21.5. The quantitative estimate of drug-likeness (QED) is 0.869. The molecule has 1 aliphatic heterocycles. The molecule has 1 unspecified atom stereocenters. The van der Waals surface area contributed by atoms with Gasteiger partial charge in [-0.1, -0.05) is 19.1 Å². The average molecular weight is 234 g/mol. The maximum Gasteiger partial charge on any atom is 0.0670 e. The van der Waals surface area contributed by atoms with Gasteiger partial charge in [0.2, 0.25) is 0 Å². The monoisotopic (exact) mass is 234 g/mol. The number of benzene rings is 1. The summed E-state index contributed by atoms with van der Waals surface area (Å²) >= 11 is 0. The van der Waals surface area contributed by atoms with Gasteiger partial charge in [-0.25, -0.2) is 0 Å². The summed E-state index contributed by atoms with van der Waals surface area (Å²) in [5, 5.41) is 0. The smallest absolute Gasteiger partial charge is 0.0670 e. The van der Waals surface area contributed by atoms with Crippen molar-refractivity contribution in [2.75, 3.05) is 25.2 Å². The van der Waals surface area contributed by atoms with Crippen molar-refractivity contribution in [1.82, 2.24) is 0 Å². The molecule has 94 valence electrons. The van der Waals surface area contributed by atoms with E-state index in [1.165, 1.54) is 11.3 Å². The number of rotatable bonds is 4. The Morgan fingerprint density at radius 3 is 2.65 bits per heavy atom. The van der Waals surface area contributed by atoms with Crippen LogP contribution >= 0.6 is 0 Å². The second-order valence-corrected chi connectivity index (χ2v) is 4.73. The third-order valence-electron chi connectivity index (χ3n) is 3.62. The van der Waals surface area contributed by atoms with Crippen LogP contribution in [0.5, 0.6) is 0 Å². The summed E-state index contributed by atoms with van der Waals surface area (Å²) in [6, 6.07) is 9.25. The topological polar surface area (TPSA) is 38.5 Å². The number of ether oxygens (including phenoxy) is 1. The maximum atomic E-state index is 6.01. The van der Waals surface area contributed by atoms with Crippen molar-refractivity contribution in [2.45, 2.75) is 31.8 Å². The van der Waals surface area contributed by atoms with Gasteiger partial charge in [0.05, 0.1) is 12.6 Å². The van der Waals surface area contributed by atoms with Crippen molar-refractivity contribution in [2.24, 2.45) is 5.73 Å². The van der Waals surface area contributed by atoms with E-state index < -0.39 is 0 Å². The summed E-state index contributed by atoms with van der Waals surface area (Å²) in [5.41, 5.74) is 8.47. The first-order valence-electron chi connectivity index (χ1n) is 6.38. The van der Waals surface area contributed by atoms with Crippen LogP contribution in [-0.2, 0) is 4.74 Å². The highest BCUT2D eigenvalue weighted by Gasteiger charge is 2.20. The number of nitrogens with two attached hydrogens (primary N) is 1. The van der Waals surface area contributed by atoms with Crippen LogP contribution in [0.25, 0.3) is 0 Å². The van der Waals surface area contributed by atoms with Gasteiger partial charge in [-0.3, -0.25) is 0 Å². The highest BCUT2D eigenvalue weighted by atomic mass is 16.5. The molecule has 3 heteroatoms. The average Bonchev–Trinajstić information content (AvgIpc) is 2.91. The Hall–Kier alpha value is -1.06. The maximum absolute atomic E-state index is 6.01. The molecule has 3 nitrogen and oxygen atoms in total. The molecule has 1 heterocycles. The Morgan fingerprint density at radius 1 is 1.41 bits per heavy atom. The number of anilines is 1. The van der Waals surface area contributed by atoms with E-state index in [-0.39, 0.29) is 6.04 Å². The minimum atomic E-state index is 0.157. The van der Waals surface area contributed by atoms with Gasteiger partial charge >= 0.3 is 0 Å². The van der Waals surface area contributed by atoms with E-state index in [1.54, 1.807) is 0 Å². The predicted molar refractivity (Wildman–Crippen MR) is 71.3 cm³/mol. The van der Waals surface area contributed by atoms with Crippen LogP contribution in [0.3, 0.4) is 0 Å². The molecule has 2 atom stereocenters. The first-order valence-corrected chi connectivity index (χ1v) is 6.38. The molecule has 0 bridgehead atoms. The fourth-order valence-electron chi connectivity index (χ4n) is 2.23. The van der Waals surface area contributed by atoms with E-state index >= 15 is 0 Å². The Morgan fingerprint density at radius 2 is 2.12 bits per heavy atom.